The number of rotatable bonds is 5. The molecule has 1 N–H and O–H groups in total. The van der Waals surface area contributed by atoms with Gasteiger partial charge in [-0.05, 0) is 30.5 Å². The summed E-state index contributed by atoms with van der Waals surface area (Å²) in [6.07, 6.45) is 6.20. The Kier molecular flexibility index (Phi) is 3.11. The molecule has 14 heavy (non-hydrogen) atoms. The van der Waals surface area contributed by atoms with Gasteiger partial charge in [0.2, 0.25) is 0 Å². The van der Waals surface area contributed by atoms with Gasteiger partial charge in [0.1, 0.15) is 0 Å². The van der Waals surface area contributed by atoms with Crippen molar-refractivity contribution in [1.29, 1.82) is 0 Å². The maximum atomic E-state index is 8.94. The van der Waals surface area contributed by atoms with Crippen LogP contribution in [0.2, 0.25) is 0 Å². The van der Waals surface area contributed by atoms with Gasteiger partial charge in [-0.1, -0.05) is 0 Å². The first-order chi connectivity index (χ1) is 6.90. The Morgan fingerprint density at radius 1 is 1.36 bits per heavy atom. The van der Waals surface area contributed by atoms with E-state index in [1.165, 1.54) is 18.4 Å². The number of nitrogens with zero attached hydrogens (tertiary/aromatic N) is 2. The molecule has 3 heteroatoms. The van der Waals surface area contributed by atoms with E-state index in [1.807, 2.05) is 24.5 Å². The van der Waals surface area contributed by atoms with Crippen molar-refractivity contribution in [3.63, 3.8) is 0 Å². The van der Waals surface area contributed by atoms with Gasteiger partial charge < -0.3 is 5.11 Å². The third kappa shape index (κ3) is 2.53. The van der Waals surface area contributed by atoms with Crippen molar-refractivity contribution in [3.8, 4) is 0 Å². The number of aliphatic hydroxyl groups excluding tert-OH is 1. The molecule has 1 aliphatic carbocycles. The number of aliphatic hydroxyl groups is 1. The zero-order chi connectivity index (χ0) is 9.80. The highest BCUT2D eigenvalue weighted by molar-refractivity contribution is 5.10. The molecule has 0 spiro atoms. The van der Waals surface area contributed by atoms with Crippen molar-refractivity contribution < 1.29 is 5.11 Å². The second-order valence-corrected chi connectivity index (χ2v) is 3.78. The van der Waals surface area contributed by atoms with Gasteiger partial charge in [-0.25, -0.2) is 0 Å². The molecular formula is C11H16N2O. The molecule has 0 aromatic carbocycles. The second-order valence-electron chi connectivity index (χ2n) is 3.78. The van der Waals surface area contributed by atoms with Gasteiger partial charge >= 0.3 is 0 Å². The first-order valence-electron chi connectivity index (χ1n) is 5.14. The van der Waals surface area contributed by atoms with Crippen LogP contribution < -0.4 is 0 Å². The summed E-state index contributed by atoms with van der Waals surface area (Å²) in [4.78, 5) is 6.33. The van der Waals surface area contributed by atoms with Crippen LogP contribution in [0.15, 0.2) is 24.5 Å². The molecule has 1 aromatic heterocycles. The van der Waals surface area contributed by atoms with Gasteiger partial charge in [0.15, 0.2) is 0 Å². The first kappa shape index (κ1) is 9.62. The lowest BCUT2D eigenvalue weighted by Gasteiger charge is -2.20. The molecule has 1 aliphatic rings. The third-order valence-corrected chi connectivity index (χ3v) is 2.59. The molecule has 2 rings (SSSR count). The maximum Gasteiger partial charge on any atom is 0.0558 e. The highest BCUT2D eigenvalue weighted by Gasteiger charge is 2.28. The lowest BCUT2D eigenvalue weighted by molar-refractivity contribution is 0.183. The summed E-state index contributed by atoms with van der Waals surface area (Å²) < 4.78 is 0. The second kappa shape index (κ2) is 4.53. The van der Waals surface area contributed by atoms with Crippen molar-refractivity contribution in [3.05, 3.63) is 30.1 Å². The van der Waals surface area contributed by atoms with Crippen molar-refractivity contribution in [2.75, 3.05) is 13.2 Å². The van der Waals surface area contributed by atoms with E-state index in [4.69, 9.17) is 5.11 Å². The van der Waals surface area contributed by atoms with Crippen LogP contribution in [-0.2, 0) is 6.54 Å². The molecule has 0 aliphatic heterocycles. The summed E-state index contributed by atoms with van der Waals surface area (Å²) in [7, 11) is 0. The van der Waals surface area contributed by atoms with Crippen LogP contribution >= 0.6 is 0 Å². The van der Waals surface area contributed by atoms with Crippen LogP contribution in [0.5, 0.6) is 0 Å². The minimum atomic E-state index is 0.252. The molecule has 1 saturated carbocycles. The van der Waals surface area contributed by atoms with Crippen molar-refractivity contribution in [1.82, 2.24) is 9.88 Å². The normalized spacial score (nSPS) is 16.1. The molecule has 3 nitrogen and oxygen atoms in total. The summed E-state index contributed by atoms with van der Waals surface area (Å²) in [5.74, 6) is 0. The van der Waals surface area contributed by atoms with Crippen LogP contribution in [-0.4, -0.2) is 34.2 Å². The molecule has 0 amide bonds. The van der Waals surface area contributed by atoms with E-state index < -0.39 is 0 Å². The molecule has 0 radical (unpaired) electrons. The molecule has 1 fully saturated rings. The quantitative estimate of drug-likeness (QED) is 0.757. The van der Waals surface area contributed by atoms with Crippen LogP contribution in [0.3, 0.4) is 0 Å². The van der Waals surface area contributed by atoms with E-state index in [9.17, 15) is 0 Å². The van der Waals surface area contributed by atoms with Gasteiger partial charge in [0.25, 0.3) is 0 Å². The average Bonchev–Trinajstić information content (AvgIpc) is 3.02. The molecular weight excluding hydrogens is 176 g/mol. The van der Waals surface area contributed by atoms with Gasteiger partial charge in [-0.3, -0.25) is 9.88 Å². The van der Waals surface area contributed by atoms with Gasteiger partial charge in [-0.2, -0.15) is 0 Å². The molecule has 0 atom stereocenters. The largest absolute Gasteiger partial charge is 0.395 e. The maximum absolute atomic E-state index is 8.94. The lowest BCUT2D eigenvalue weighted by atomic mass is 10.2. The van der Waals surface area contributed by atoms with Crippen molar-refractivity contribution >= 4 is 0 Å². The Bertz CT molecular complexity index is 272. The predicted octanol–water partition coefficient (Wildman–Crippen LogP) is 1.04. The predicted molar refractivity (Wildman–Crippen MR) is 54.8 cm³/mol. The van der Waals surface area contributed by atoms with Crippen LogP contribution in [0.4, 0.5) is 0 Å². The fourth-order valence-electron chi connectivity index (χ4n) is 1.68. The van der Waals surface area contributed by atoms with Gasteiger partial charge in [-0.15, -0.1) is 0 Å². The molecule has 0 unspecified atom stereocenters. The highest BCUT2D eigenvalue weighted by Crippen LogP contribution is 2.27. The Balaban J connectivity index is 1.93. The summed E-state index contributed by atoms with van der Waals surface area (Å²) in [5.41, 5.74) is 1.28. The Morgan fingerprint density at radius 2 is 2.07 bits per heavy atom. The molecule has 0 saturated heterocycles. The zero-order valence-electron chi connectivity index (χ0n) is 8.26. The smallest absolute Gasteiger partial charge is 0.0558 e. The molecule has 76 valence electrons. The van der Waals surface area contributed by atoms with Gasteiger partial charge in [0, 0.05) is 31.5 Å². The number of hydrogen-bond donors (Lipinski definition) is 1. The van der Waals surface area contributed by atoms with E-state index in [-0.39, 0.29) is 6.61 Å². The fourth-order valence-corrected chi connectivity index (χ4v) is 1.68. The number of hydrogen-bond acceptors (Lipinski definition) is 3. The van der Waals surface area contributed by atoms with Crippen molar-refractivity contribution in [2.24, 2.45) is 0 Å². The lowest BCUT2D eigenvalue weighted by Crippen LogP contribution is -2.28. The third-order valence-electron chi connectivity index (χ3n) is 2.59. The van der Waals surface area contributed by atoms with E-state index in [1.54, 1.807) is 0 Å². The zero-order valence-corrected chi connectivity index (χ0v) is 8.26. The highest BCUT2D eigenvalue weighted by atomic mass is 16.3. The van der Waals surface area contributed by atoms with Gasteiger partial charge in [0.05, 0.1) is 6.61 Å². The summed E-state index contributed by atoms with van der Waals surface area (Å²) in [6, 6.07) is 4.77. The summed E-state index contributed by atoms with van der Waals surface area (Å²) in [6.45, 7) is 1.97. The van der Waals surface area contributed by atoms with Crippen LogP contribution in [0.1, 0.15) is 18.4 Å². The van der Waals surface area contributed by atoms with E-state index >= 15 is 0 Å². The minimum absolute atomic E-state index is 0.252. The summed E-state index contributed by atoms with van der Waals surface area (Å²) >= 11 is 0. The van der Waals surface area contributed by atoms with E-state index in [0.717, 1.165) is 13.1 Å². The monoisotopic (exact) mass is 192 g/mol. The van der Waals surface area contributed by atoms with Crippen LogP contribution in [0.25, 0.3) is 0 Å². The van der Waals surface area contributed by atoms with E-state index in [0.29, 0.717) is 6.04 Å². The summed E-state index contributed by atoms with van der Waals surface area (Å²) in [5, 5.41) is 8.94. The number of pyridine rings is 1. The Labute approximate surface area is 84.4 Å². The first-order valence-corrected chi connectivity index (χ1v) is 5.14. The Morgan fingerprint density at radius 3 is 2.64 bits per heavy atom. The molecule has 1 aromatic rings. The minimum Gasteiger partial charge on any atom is -0.395 e. The van der Waals surface area contributed by atoms with E-state index in [2.05, 4.69) is 9.88 Å². The van der Waals surface area contributed by atoms with Crippen molar-refractivity contribution in [2.45, 2.75) is 25.4 Å². The Hall–Kier alpha value is -0.930. The fraction of sp³-hybridized carbons (Fsp3) is 0.545. The topological polar surface area (TPSA) is 36.4 Å². The molecule has 1 heterocycles. The SMILES string of the molecule is OCCN(Cc1ccncc1)C1CC1. The van der Waals surface area contributed by atoms with Crippen LogP contribution in [0, 0.1) is 0 Å². The average molecular weight is 192 g/mol. The number of aromatic nitrogens is 1. The standard InChI is InChI=1S/C11H16N2O/c14-8-7-13(11-1-2-11)9-10-3-5-12-6-4-10/h3-6,11,14H,1-2,7-9H2. The molecule has 0 bridgehead atoms.